The number of hydrogen-bond acceptors (Lipinski definition) is 8. The summed E-state index contributed by atoms with van der Waals surface area (Å²) in [4.78, 5) is 26.0. The minimum atomic E-state index is 0.0325. The van der Waals surface area contributed by atoms with Gasteiger partial charge in [0.15, 0.2) is 17.3 Å². The molecular formula is C24H32N8O3. The van der Waals surface area contributed by atoms with Crippen molar-refractivity contribution in [2.24, 2.45) is 5.41 Å². The summed E-state index contributed by atoms with van der Waals surface area (Å²) in [6, 6.07) is 5.72. The number of rotatable bonds is 6. The van der Waals surface area contributed by atoms with Crippen LogP contribution in [0.15, 0.2) is 18.2 Å². The molecule has 0 bridgehead atoms. The van der Waals surface area contributed by atoms with E-state index in [-0.39, 0.29) is 11.4 Å². The van der Waals surface area contributed by atoms with Crippen molar-refractivity contribution in [3.63, 3.8) is 0 Å². The number of nitrogens with one attached hydrogen (secondary N) is 3. The Kier molecular flexibility index (Phi) is 6.00. The van der Waals surface area contributed by atoms with Crippen LogP contribution in [0.3, 0.4) is 0 Å². The van der Waals surface area contributed by atoms with Crippen molar-refractivity contribution in [1.82, 2.24) is 30.4 Å². The molecule has 0 aliphatic carbocycles. The minimum absolute atomic E-state index is 0.0325. The molecule has 0 atom stereocenters. The third kappa shape index (κ3) is 4.38. The molecule has 2 aliphatic rings. The van der Waals surface area contributed by atoms with Gasteiger partial charge < -0.3 is 29.9 Å². The van der Waals surface area contributed by atoms with Gasteiger partial charge in [-0.1, -0.05) is 0 Å². The lowest BCUT2D eigenvalue weighted by atomic mass is 9.72. The van der Waals surface area contributed by atoms with Gasteiger partial charge in [-0.05, 0) is 32.8 Å². The molecule has 5 rings (SSSR count). The van der Waals surface area contributed by atoms with Gasteiger partial charge in [-0.3, -0.25) is 5.10 Å². The van der Waals surface area contributed by atoms with E-state index >= 15 is 0 Å². The number of likely N-dealkylation sites (tertiary alicyclic amines) is 1. The number of aryl methyl sites for hydroxylation is 1. The van der Waals surface area contributed by atoms with Crippen molar-refractivity contribution in [2.45, 2.75) is 26.7 Å². The first-order valence-electron chi connectivity index (χ1n) is 11.9. The van der Waals surface area contributed by atoms with Crippen LogP contribution in [0.2, 0.25) is 0 Å². The lowest BCUT2D eigenvalue weighted by Gasteiger charge is -2.53. The lowest BCUT2D eigenvalue weighted by Crippen LogP contribution is -2.62. The highest BCUT2D eigenvalue weighted by atomic mass is 16.5. The lowest BCUT2D eigenvalue weighted by molar-refractivity contribution is 0.0893. The van der Waals surface area contributed by atoms with Crippen LogP contribution in [0.5, 0.6) is 11.5 Å². The Morgan fingerprint density at radius 1 is 1.11 bits per heavy atom. The second-order valence-electron chi connectivity index (χ2n) is 9.34. The fourth-order valence-electron chi connectivity index (χ4n) is 4.95. The van der Waals surface area contributed by atoms with Crippen LogP contribution in [-0.2, 0) is 0 Å². The molecule has 1 aromatic carbocycles. The van der Waals surface area contributed by atoms with E-state index in [0.717, 1.165) is 55.6 Å². The topological polar surface area (TPSA) is 121 Å². The van der Waals surface area contributed by atoms with Gasteiger partial charge >= 0.3 is 6.03 Å². The van der Waals surface area contributed by atoms with E-state index < -0.39 is 0 Å². The number of ether oxygens (including phenoxy) is 2. The smallest absolute Gasteiger partial charge is 0.317 e. The number of H-pyrrole nitrogens is 1. The van der Waals surface area contributed by atoms with Gasteiger partial charge in [0.2, 0.25) is 5.95 Å². The number of piperidine rings is 1. The summed E-state index contributed by atoms with van der Waals surface area (Å²) in [7, 11) is 3.23. The summed E-state index contributed by atoms with van der Waals surface area (Å²) in [6.45, 7) is 7.84. The van der Waals surface area contributed by atoms with Crippen molar-refractivity contribution in [2.75, 3.05) is 57.2 Å². The minimum Gasteiger partial charge on any atom is -0.493 e. The van der Waals surface area contributed by atoms with Crippen molar-refractivity contribution < 1.29 is 14.3 Å². The molecule has 2 saturated heterocycles. The second kappa shape index (κ2) is 9.12. The molecule has 2 aromatic heterocycles. The summed E-state index contributed by atoms with van der Waals surface area (Å²) in [5.41, 5.74) is 1.91. The highest BCUT2D eigenvalue weighted by Crippen LogP contribution is 2.43. The second-order valence-corrected chi connectivity index (χ2v) is 9.34. The summed E-state index contributed by atoms with van der Waals surface area (Å²) in [6.07, 6.45) is 1.97. The zero-order chi connectivity index (χ0) is 24.6. The Labute approximate surface area is 204 Å². The third-order valence-electron chi connectivity index (χ3n) is 6.92. The Morgan fingerprint density at radius 3 is 2.46 bits per heavy atom. The number of nitrogens with zero attached hydrogens (tertiary/aromatic N) is 5. The van der Waals surface area contributed by atoms with Gasteiger partial charge in [0, 0.05) is 61.4 Å². The molecule has 11 nitrogen and oxygen atoms in total. The molecule has 2 fully saturated rings. The fourth-order valence-corrected chi connectivity index (χ4v) is 4.95. The van der Waals surface area contributed by atoms with E-state index in [0.29, 0.717) is 35.6 Å². The monoisotopic (exact) mass is 480 g/mol. The van der Waals surface area contributed by atoms with Crippen LogP contribution < -0.4 is 25.0 Å². The standard InChI is InChI=1S/C24H32N8O3/c1-5-25-23(33)31-8-6-24(7-9-31)13-32(14-24)22-26-17-12-19(35-4)18(34-3)11-16(17)21(28-22)27-20-10-15(2)29-30-20/h10-12H,5-9,13-14H2,1-4H3,(H,25,33)(H2,26,27,28,29,30). The van der Waals surface area contributed by atoms with Gasteiger partial charge in [0.1, 0.15) is 5.82 Å². The molecule has 2 aliphatic heterocycles. The summed E-state index contributed by atoms with van der Waals surface area (Å²) in [5.74, 6) is 3.23. The number of amides is 2. The van der Waals surface area contributed by atoms with Crippen LogP contribution in [0.1, 0.15) is 25.5 Å². The van der Waals surface area contributed by atoms with E-state index in [9.17, 15) is 4.79 Å². The van der Waals surface area contributed by atoms with Crippen LogP contribution in [0, 0.1) is 12.3 Å². The molecule has 11 heteroatoms. The van der Waals surface area contributed by atoms with Crippen LogP contribution in [0.25, 0.3) is 10.9 Å². The van der Waals surface area contributed by atoms with E-state index in [1.54, 1.807) is 14.2 Å². The molecule has 4 heterocycles. The SMILES string of the molecule is CCNC(=O)N1CCC2(CC1)CN(c1nc(Nc3cc(C)[nH]n3)c3cc(OC)c(OC)cc3n1)C2. The Morgan fingerprint density at radius 2 is 1.83 bits per heavy atom. The molecule has 1 spiro atoms. The van der Waals surface area contributed by atoms with E-state index in [2.05, 4.69) is 25.7 Å². The third-order valence-corrected chi connectivity index (χ3v) is 6.92. The molecule has 35 heavy (non-hydrogen) atoms. The van der Waals surface area contributed by atoms with Gasteiger partial charge in [-0.25, -0.2) is 9.78 Å². The highest BCUT2D eigenvalue weighted by molar-refractivity contribution is 5.94. The molecule has 186 valence electrons. The van der Waals surface area contributed by atoms with E-state index in [1.807, 2.05) is 36.9 Å². The maximum Gasteiger partial charge on any atom is 0.317 e. The maximum absolute atomic E-state index is 12.2. The van der Waals surface area contributed by atoms with Crippen molar-refractivity contribution in [1.29, 1.82) is 0 Å². The first-order valence-corrected chi connectivity index (χ1v) is 11.9. The van der Waals surface area contributed by atoms with E-state index in [1.165, 1.54) is 0 Å². The number of carbonyl (C=O) groups is 1. The number of anilines is 3. The number of aromatic amines is 1. The highest BCUT2D eigenvalue weighted by Gasteiger charge is 2.46. The van der Waals surface area contributed by atoms with Crippen LogP contribution in [-0.4, -0.2) is 78.0 Å². The van der Waals surface area contributed by atoms with Gasteiger partial charge in [0.05, 0.1) is 19.7 Å². The van der Waals surface area contributed by atoms with E-state index in [4.69, 9.17) is 19.4 Å². The van der Waals surface area contributed by atoms with Crippen molar-refractivity contribution in [3.05, 3.63) is 23.9 Å². The average Bonchev–Trinajstić information content (AvgIpc) is 3.26. The van der Waals surface area contributed by atoms with Gasteiger partial charge in [-0.2, -0.15) is 10.1 Å². The predicted octanol–water partition coefficient (Wildman–Crippen LogP) is 3.05. The quantitative estimate of drug-likeness (QED) is 0.492. The zero-order valence-corrected chi connectivity index (χ0v) is 20.6. The molecule has 3 aromatic rings. The maximum atomic E-state index is 12.2. The Balaban J connectivity index is 1.40. The molecule has 2 amide bonds. The number of carbonyl (C=O) groups excluding carboxylic acids is 1. The van der Waals surface area contributed by atoms with Crippen LogP contribution in [0.4, 0.5) is 22.4 Å². The van der Waals surface area contributed by atoms with Crippen molar-refractivity contribution >= 4 is 34.5 Å². The first-order chi connectivity index (χ1) is 16.9. The Bertz CT molecular complexity index is 1230. The number of methoxy groups -OCH3 is 2. The van der Waals surface area contributed by atoms with Gasteiger partial charge in [0.25, 0.3) is 0 Å². The summed E-state index contributed by atoms with van der Waals surface area (Å²) in [5, 5.41) is 14.3. The fraction of sp³-hybridized carbons (Fsp3) is 0.500. The molecule has 0 radical (unpaired) electrons. The number of hydrogen-bond donors (Lipinski definition) is 3. The summed E-state index contributed by atoms with van der Waals surface area (Å²) < 4.78 is 11.0. The first kappa shape index (κ1) is 23.0. The largest absolute Gasteiger partial charge is 0.493 e. The Hall–Kier alpha value is -3.76. The molecule has 0 saturated carbocycles. The molecular weight excluding hydrogens is 448 g/mol. The van der Waals surface area contributed by atoms with Crippen molar-refractivity contribution in [3.8, 4) is 11.5 Å². The number of fused-ring (bicyclic) bond motifs is 1. The molecule has 0 unspecified atom stereocenters. The van der Waals surface area contributed by atoms with Crippen LogP contribution >= 0.6 is 0 Å². The number of benzene rings is 1. The normalized spacial score (nSPS) is 16.8. The average molecular weight is 481 g/mol. The number of urea groups is 1. The molecule has 3 N–H and O–H groups in total. The number of aromatic nitrogens is 4. The van der Waals surface area contributed by atoms with Gasteiger partial charge in [-0.15, -0.1) is 0 Å². The predicted molar refractivity (Wildman–Crippen MR) is 134 cm³/mol. The zero-order valence-electron chi connectivity index (χ0n) is 20.6. The summed E-state index contributed by atoms with van der Waals surface area (Å²) >= 11 is 0.